The van der Waals surface area contributed by atoms with Gasteiger partial charge in [-0.05, 0) is 36.8 Å². The van der Waals surface area contributed by atoms with Crippen molar-refractivity contribution in [1.29, 1.82) is 0 Å². The average molecular weight is 400 g/mol. The summed E-state index contributed by atoms with van der Waals surface area (Å²) >= 11 is 3.55. The molecule has 0 bridgehead atoms. The Morgan fingerprint density at radius 1 is 1.08 bits per heavy atom. The Kier molecular flexibility index (Phi) is 4.13. The molecule has 5 nitrogen and oxygen atoms in total. The lowest BCUT2D eigenvalue weighted by atomic mass is 10.1. The van der Waals surface area contributed by atoms with Gasteiger partial charge in [0, 0.05) is 22.1 Å². The van der Waals surface area contributed by atoms with Crippen LogP contribution >= 0.6 is 15.9 Å². The quantitative estimate of drug-likeness (QED) is 0.710. The minimum Gasteiger partial charge on any atom is -0.496 e. The van der Waals surface area contributed by atoms with Crippen LogP contribution in [0.25, 0.3) is 16.9 Å². The maximum Gasteiger partial charge on any atom is 0.144 e. The molecule has 4 rings (SSSR count). The van der Waals surface area contributed by atoms with E-state index < -0.39 is 0 Å². The van der Waals surface area contributed by atoms with Crippen molar-refractivity contribution >= 4 is 21.7 Å². The molecule has 3 aromatic rings. The Bertz CT molecular complexity index is 936. The van der Waals surface area contributed by atoms with E-state index in [2.05, 4.69) is 21.2 Å². The Morgan fingerprint density at radius 2 is 1.88 bits per heavy atom. The first-order valence-corrected chi connectivity index (χ1v) is 8.85. The number of methoxy groups -OCH3 is 2. The number of rotatable bonds is 4. The molecular formula is C19H18BrN3O2. The van der Waals surface area contributed by atoms with Crippen molar-refractivity contribution in [2.75, 3.05) is 26.1 Å². The van der Waals surface area contributed by atoms with E-state index in [4.69, 9.17) is 14.6 Å². The predicted octanol–water partition coefficient (Wildman–Crippen LogP) is 4.29. The predicted molar refractivity (Wildman–Crippen MR) is 102 cm³/mol. The van der Waals surface area contributed by atoms with Crippen LogP contribution in [0, 0.1) is 0 Å². The van der Waals surface area contributed by atoms with Crippen molar-refractivity contribution in [3.05, 3.63) is 52.5 Å². The number of hydrogen-bond acceptors (Lipinski definition) is 4. The molecule has 0 fully saturated rings. The number of nitrogens with one attached hydrogen (secondary N) is 1. The highest BCUT2D eigenvalue weighted by Gasteiger charge is 2.26. The largest absolute Gasteiger partial charge is 0.496 e. The standard InChI is InChI=1S/C19H18BrN3O2/c1-24-16-8-7-12(20)11-14(16)18-13-9-10-21-19(13)23(22-18)15-5-3-4-6-17(15)25-2/h3-8,11,21H,9-10H2,1-2H3. The van der Waals surface area contributed by atoms with E-state index >= 15 is 0 Å². The second-order valence-electron chi connectivity index (χ2n) is 5.78. The SMILES string of the molecule is COc1ccc(Br)cc1-c1nn(-c2ccccc2OC)c2c1CCN2. The molecule has 0 aliphatic carbocycles. The van der Waals surface area contributed by atoms with Gasteiger partial charge in [0.1, 0.15) is 28.7 Å². The Balaban J connectivity index is 1.94. The van der Waals surface area contributed by atoms with Crippen LogP contribution in [0.3, 0.4) is 0 Å². The normalized spacial score (nSPS) is 12.6. The summed E-state index contributed by atoms with van der Waals surface area (Å²) in [6.07, 6.45) is 0.926. The summed E-state index contributed by atoms with van der Waals surface area (Å²) in [4.78, 5) is 0. The van der Waals surface area contributed by atoms with Crippen LogP contribution in [0.4, 0.5) is 5.82 Å². The fourth-order valence-electron chi connectivity index (χ4n) is 3.24. The first-order chi connectivity index (χ1) is 12.2. The smallest absolute Gasteiger partial charge is 0.144 e. The first-order valence-electron chi connectivity index (χ1n) is 8.06. The van der Waals surface area contributed by atoms with Gasteiger partial charge in [0.15, 0.2) is 0 Å². The minimum atomic E-state index is 0.786. The molecule has 1 aliphatic heterocycles. The number of ether oxygens (including phenoxy) is 2. The molecule has 0 saturated carbocycles. The van der Waals surface area contributed by atoms with Gasteiger partial charge in [-0.1, -0.05) is 28.1 Å². The summed E-state index contributed by atoms with van der Waals surface area (Å²) in [7, 11) is 3.36. The summed E-state index contributed by atoms with van der Waals surface area (Å²) in [5, 5.41) is 8.36. The molecule has 1 N–H and O–H groups in total. The third-order valence-electron chi connectivity index (χ3n) is 4.38. The first kappa shape index (κ1) is 16.0. The van der Waals surface area contributed by atoms with Crippen LogP contribution in [0.2, 0.25) is 0 Å². The number of hydrogen-bond donors (Lipinski definition) is 1. The van der Waals surface area contributed by atoms with Crippen molar-refractivity contribution in [1.82, 2.24) is 9.78 Å². The molecule has 0 amide bonds. The summed E-state index contributed by atoms with van der Waals surface area (Å²) in [5.74, 6) is 2.61. The van der Waals surface area contributed by atoms with Gasteiger partial charge in [-0.3, -0.25) is 0 Å². The number of benzene rings is 2. The van der Waals surface area contributed by atoms with Crippen molar-refractivity contribution in [2.24, 2.45) is 0 Å². The van der Waals surface area contributed by atoms with Crippen LogP contribution in [0.15, 0.2) is 46.9 Å². The second-order valence-corrected chi connectivity index (χ2v) is 6.70. The number of halogens is 1. The number of aromatic nitrogens is 2. The van der Waals surface area contributed by atoms with Crippen LogP contribution in [0.5, 0.6) is 11.5 Å². The summed E-state index contributed by atoms with van der Waals surface area (Å²) in [5.41, 5.74) is 4.02. The Morgan fingerprint density at radius 3 is 2.68 bits per heavy atom. The highest BCUT2D eigenvalue weighted by molar-refractivity contribution is 9.10. The van der Waals surface area contributed by atoms with Crippen molar-refractivity contribution in [2.45, 2.75) is 6.42 Å². The summed E-state index contributed by atoms with van der Waals surface area (Å²) in [6, 6.07) is 13.9. The van der Waals surface area contributed by atoms with E-state index in [0.717, 1.165) is 51.7 Å². The van der Waals surface area contributed by atoms with E-state index in [1.54, 1.807) is 14.2 Å². The lowest BCUT2D eigenvalue weighted by Gasteiger charge is -2.11. The van der Waals surface area contributed by atoms with Gasteiger partial charge in [0.05, 0.1) is 14.2 Å². The number of para-hydroxylation sites is 2. The third kappa shape index (κ3) is 2.66. The molecule has 0 spiro atoms. The number of nitrogens with zero attached hydrogens (tertiary/aromatic N) is 2. The molecule has 0 radical (unpaired) electrons. The lowest BCUT2D eigenvalue weighted by molar-refractivity contribution is 0.412. The molecule has 1 aliphatic rings. The minimum absolute atomic E-state index is 0.786. The van der Waals surface area contributed by atoms with E-state index in [-0.39, 0.29) is 0 Å². The highest BCUT2D eigenvalue weighted by Crippen LogP contribution is 2.40. The summed E-state index contributed by atoms with van der Waals surface area (Å²) < 4.78 is 14.0. The zero-order valence-corrected chi connectivity index (χ0v) is 15.6. The molecule has 2 heterocycles. The summed E-state index contributed by atoms with van der Waals surface area (Å²) in [6.45, 7) is 0.894. The van der Waals surface area contributed by atoms with Crippen LogP contribution < -0.4 is 14.8 Å². The molecule has 128 valence electrons. The van der Waals surface area contributed by atoms with Crippen molar-refractivity contribution in [3.63, 3.8) is 0 Å². The topological polar surface area (TPSA) is 48.3 Å². The number of anilines is 1. The maximum atomic E-state index is 5.56. The van der Waals surface area contributed by atoms with E-state index in [0.29, 0.717) is 0 Å². The fourth-order valence-corrected chi connectivity index (χ4v) is 3.60. The van der Waals surface area contributed by atoms with Gasteiger partial charge in [-0.2, -0.15) is 5.10 Å². The molecule has 0 saturated heterocycles. The molecular weight excluding hydrogens is 382 g/mol. The van der Waals surface area contributed by atoms with Gasteiger partial charge in [0.2, 0.25) is 0 Å². The molecule has 0 unspecified atom stereocenters. The van der Waals surface area contributed by atoms with E-state index in [1.165, 1.54) is 5.56 Å². The molecule has 25 heavy (non-hydrogen) atoms. The molecule has 0 atom stereocenters. The van der Waals surface area contributed by atoms with Gasteiger partial charge >= 0.3 is 0 Å². The van der Waals surface area contributed by atoms with Gasteiger partial charge in [0.25, 0.3) is 0 Å². The number of fused-ring (bicyclic) bond motifs is 1. The van der Waals surface area contributed by atoms with Gasteiger partial charge < -0.3 is 14.8 Å². The second kappa shape index (κ2) is 6.44. The monoisotopic (exact) mass is 399 g/mol. The highest BCUT2D eigenvalue weighted by atomic mass is 79.9. The van der Waals surface area contributed by atoms with E-state index in [9.17, 15) is 0 Å². The Hall–Kier alpha value is -2.47. The average Bonchev–Trinajstić information content (AvgIpc) is 3.24. The lowest BCUT2D eigenvalue weighted by Crippen LogP contribution is -2.05. The van der Waals surface area contributed by atoms with Crippen molar-refractivity contribution in [3.8, 4) is 28.4 Å². The molecule has 1 aromatic heterocycles. The maximum absolute atomic E-state index is 5.56. The Labute approximate surface area is 154 Å². The zero-order chi connectivity index (χ0) is 17.4. The fraction of sp³-hybridized carbons (Fsp3) is 0.211. The van der Waals surface area contributed by atoms with Crippen molar-refractivity contribution < 1.29 is 9.47 Å². The zero-order valence-electron chi connectivity index (χ0n) is 14.0. The van der Waals surface area contributed by atoms with Gasteiger partial charge in [-0.15, -0.1) is 0 Å². The van der Waals surface area contributed by atoms with E-state index in [1.807, 2.05) is 47.1 Å². The molecule has 6 heteroatoms. The van der Waals surface area contributed by atoms with Crippen LogP contribution in [-0.2, 0) is 6.42 Å². The molecule has 2 aromatic carbocycles. The van der Waals surface area contributed by atoms with Crippen LogP contribution in [0.1, 0.15) is 5.56 Å². The van der Waals surface area contributed by atoms with Gasteiger partial charge in [-0.25, -0.2) is 4.68 Å². The van der Waals surface area contributed by atoms with Crippen LogP contribution in [-0.4, -0.2) is 30.5 Å². The third-order valence-corrected chi connectivity index (χ3v) is 4.87.